The average Bonchev–Trinajstić information content (AvgIpc) is 2.41. The number of rotatable bonds is 3. The van der Waals surface area contributed by atoms with Crippen molar-refractivity contribution in [2.45, 2.75) is 0 Å². The van der Waals surface area contributed by atoms with Gasteiger partial charge in [0, 0.05) is 12.1 Å². The van der Waals surface area contributed by atoms with E-state index in [2.05, 4.69) is 11.4 Å². The molecule has 0 bridgehead atoms. The third-order valence-corrected chi connectivity index (χ3v) is 2.82. The summed E-state index contributed by atoms with van der Waals surface area (Å²) in [7, 11) is 0. The number of benzene rings is 2. The maximum Gasteiger partial charge on any atom is 0.271 e. The third-order valence-electron chi connectivity index (χ3n) is 2.49. The number of hydrogen-bond acceptors (Lipinski definition) is 4. The molecule has 0 aliphatic rings. The number of anilines is 1. The fourth-order valence-electron chi connectivity index (χ4n) is 1.52. The SMILES string of the molecule is O=C(Nc1cc([N+](=O)[O-])ccc1Cl)c1c[c]ccc1O. The van der Waals surface area contributed by atoms with Crippen molar-refractivity contribution < 1.29 is 14.8 Å². The van der Waals surface area contributed by atoms with Gasteiger partial charge in [0.2, 0.25) is 0 Å². The minimum Gasteiger partial charge on any atom is -0.507 e. The molecule has 1 radical (unpaired) electrons. The smallest absolute Gasteiger partial charge is 0.271 e. The van der Waals surface area contributed by atoms with Gasteiger partial charge in [0.25, 0.3) is 11.6 Å². The highest BCUT2D eigenvalue weighted by Crippen LogP contribution is 2.27. The van der Waals surface area contributed by atoms with E-state index in [-0.39, 0.29) is 27.7 Å². The molecule has 0 aliphatic carbocycles. The molecule has 2 aromatic carbocycles. The van der Waals surface area contributed by atoms with Crippen LogP contribution in [0.15, 0.2) is 36.4 Å². The summed E-state index contributed by atoms with van der Waals surface area (Å²) < 4.78 is 0. The molecule has 0 aromatic heterocycles. The molecule has 2 N–H and O–H groups in total. The third kappa shape index (κ3) is 2.86. The predicted octanol–water partition coefficient (Wildman–Crippen LogP) is 3.01. The van der Waals surface area contributed by atoms with Gasteiger partial charge in [-0.25, -0.2) is 0 Å². The van der Waals surface area contributed by atoms with Crippen molar-refractivity contribution in [3.63, 3.8) is 0 Å². The highest BCUT2D eigenvalue weighted by Gasteiger charge is 2.15. The molecule has 0 saturated heterocycles. The first-order valence-electron chi connectivity index (χ1n) is 5.43. The summed E-state index contributed by atoms with van der Waals surface area (Å²) in [4.78, 5) is 22.0. The molecule has 0 spiro atoms. The second-order valence-electron chi connectivity index (χ2n) is 3.82. The normalized spacial score (nSPS) is 10.1. The number of carbonyl (C=O) groups is 1. The van der Waals surface area contributed by atoms with Gasteiger partial charge in [-0.15, -0.1) is 0 Å². The zero-order valence-electron chi connectivity index (χ0n) is 9.96. The Morgan fingerprint density at radius 1 is 1.40 bits per heavy atom. The molecule has 0 heterocycles. The lowest BCUT2D eigenvalue weighted by atomic mass is 10.2. The molecule has 2 rings (SSSR count). The summed E-state index contributed by atoms with van der Waals surface area (Å²) in [6.45, 7) is 0. The first-order valence-corrected chi connectivity index (χ1v) is 5.81. The molecule has 0 saturated carbocycles. The van der Waals surface area contributed by atoms with Crippen LogP contribution in [0.3, 0.4) is 0 Å². The van der Waals surface area contributed by atoms with E-state index in [1.165, 1.54) is 30.3 Å². The van der Waals surface area contributed by atoms with Crippen molar-refractivity contribution in [3.05, 3.63) is 63.2 Å². The second kappa shape index (κ2) is 5.58. The number of non-ortho nitro benzene ring substituents is 1. The topological polar surface area (TPSA) is 92.5 Å². The first kappa shape index (κ1) is 13.8. The maximum absolute atomic E-state index is 11.9. The number of nitro benzene ring substituents is 1. The first-order chi connectivity index (χ1) is 9.49. The molecule has 7 heteroatoms. The Bertz CT molecular complexity index is 688. The second-order valence-corrected chi connectivity index (χ2v) is 4.23. The van der Waals surface area contributed by atoms with Crippen LogP contribution in [-0.2, 0) is 0 Å². The van der Waals surface area contributed by atoms with Gasteiger partial charge in [-0.2, -0.15) is 0 Å². The fraction of sp³-hybridized carbons (Fsp3) is 0. The Kier molecular flexibility index (Phi) is 3.86. The lowest BCUT2D eigenvalue weighted by Crippen LogP contribution is -2.12. The quantitative estimate of drug-likeness (QED) is 0.671. The lowest BCUT2D eigenvalue weighted by Gasteiger charge is -2.08. The lowest BCUT2D eigenvalue weighted by molar-refractivity contribution is -0.384. The van der Waals surface area contributed by atoms with Crippen LogP contribution >= 0.6 is 11.6 Å². The largest absolute Gasteiger partial charge is 0.507 e. The summed E-state index contributed by atoms with van der Waals surface area (Å²) in [5.41, 5.74) is -0.113. The van der Waals surface area contributed by atoms with Gasteiger partial charge in [-0.3, -0.25) is 14.9 Å². The number of carbonyl (C=O) groups excluding carboxylic acids is 1. The van der Waals surface area contributed by atoms with E-state index in [4.69, 9.17) is 11.6 Å². The average molecular weight is 292 g/mol. The van der Waals surface area contributed by atoms with Crippen molar-refractivity contribution in [1.29, 1.82) is 0 Å². The van der Waals surface area contributed by atoms with Gasteiger partial charge in [0.1, 0.15) is 5.75 Å². The monoisotopic (exact) mass is 291 g/mol. The van der Waals surface area contributed by atoms with Crippen LogP contribution in [0, 0.1) is 16.2 Å². The minimum absolute atomic E-state index is 0.00456. The van der Waals surface area contributed by atoms with Gasteiger partial charge in [-0.1, -0.05) is 17.7 Å². The van der Waals surface area contributed by atoms with E-state index in [0.717, 1.165) is 6.07 Å². The molecule has 6 nitrogen and oxygen atoms in total. The van der Waals surface area contributed by atoms with Crippen molar-refractivity contribution >= 4 is 28.9 Å². The van der Waals surface area contributed by atoms with E-state index in [1.807, 2.05) is 0 Å². The molecular weight excluding hydrogens is 284 g/mol. The summed E-state index contributed by atoms with van der Waals surface area (Å²) >= 11 is 5.86. The zero-order chi connectivity index (χ0) is 14.7. The fourth-order valence-corrected chi connectivity index (χ4v) is 1.68. The van der Waals surface area contributed by atoms with E-state index in [9.17, 15) is 20.0 Å². The number of nitrogens with one attached hydrogen (secondary N) is 1. The maximum atomic E-state index is 11.9. The Labute approximate surface area is 118 Å². The number of aromatic hydroxyl groups is 1. The highest BCUT2D eigenvalue weighted by molar-refractivity contribution is 6.34. The molecule has 0 aliphatic heterocycles. The van der Waals surface area contributed by atoms with Crippen molar-refractivity contribution in [2.24, 2.45) is 0 Å². The summed E-state index contributed by atoms with van der Waals surface area (Å²) in [5.74, 6) is -0.857. The zero-order valence-corrected chi connectivity index (χ0v) is 10.7. The van der Waals surface area contributed by atoms with Gasteiger partial charge in [0.15, 0.2) is 0 Å². The Balaban J connectivity index is 2.30. The van der Waals surface area contributed by atoms with Gasteiger partial charge >= 0.3 is 0 Å². The molecule has 0 atom stereocenters. The van der Waals surface area contributed by atoms with Crippen LogP contribution in [0.5, 0.6) is 5.75 Å². The van der Waals surface area contributed by atoms with E-state index >= 15 is 0 Å². The number of nitro groups is 1. The summed E-state index contributed by atoms with van der Waals surface area (Å²) in [6, 6.07) is 10.4. The molecule has 0 fully saturated rings. The van der Waals surface area contributed by atoms with Crippen LogP contribution in [-0.4, -0.2) is 15.9 Å². The predicted molar refractivity (Wildman–Crippen MR) is 73.0 cm³/mol. The number of nitrogens with zero attached hydrogens (tertiary/aromatic N) is 1. The molecule has 20 heavy (non-hydrogen) atoms. The molecule has 101 valence electrons. The van der Waals surface area contributed by atoms with Crippen LogP contribution in [0.1, 0.15) is 10.4 Å². The van der Waals surface area contributed by atoms with Crippen molar-refractivity contribution in [3.8, 4) is 5.75 Å². The Morgan fingerprint density at radius 3 is 2.80 bits per heavy atom. The van der Waals surface area contributed by atoms with Gasteiger partial charge < -0.3 is 10.4 Å². The number of phenolic OH excluding ortho intramolecular Hbond substituents is 1. The summed E-state index contributed by atoms with van der Waals surface area (Å²) in [5, 5.41) is 22.8. The van der Waals surface area contributed by atoms with Crippen LogP contribution < -0.4 is 5.32 Å². The van der Waals surface area contributed by atoms with Crippen LogP contribution in [0.4, 0.5) is 11.4 Å². The highest BCUT2D eigenvalue weighted by atomic mass is 35.5. The van der Waals surface area contributed by atoms with E-state index in [0.29, 0.717) is 0 Å². The Hall–Kier alpha value is -2.60. The van der Waals surface area contributed by atoms with E-state index < -0.39 is 10.8 Å². The Morgan fingerprint density at radius 2 is 2.15 bits per heavy atom. The van der Waals surface area contributed by atoms with E-state index in [1.54, 1.807) is 0 Å². The van der Waals surface area contributed by atoms with Crippen molar-refractivity contribution in [2.75, 3.05) is 5.32 Å². The molecular formula is C13H8ClN2O4. The molecule has 2 aromatic rings. The standard InChI is InChI=1S/C13H8ClN2O4/c14-10-6-5-8(16(19)20)7-11(10)15-13(18)9-3-1-2-4-12(9)17/h2-7,17H,(H,15,18). The summed E-state index contributed by atoms with van der Waals surface area (Å²) in [6.07, 6.45) is 0. The van der Waals surface area contributed by atoms with Crippen LogP contribution in [0.2, 0.25) is 5.02 Å². The number of halogens is 1. The number of hydrogen-bond donors (Lipinski definition) is 2. The van der Waals surface area contributed by atoms with Gasteiger partial charge in [-0.05, 0) is 24.3 Å². The van der Waals surface area contributed by atoms with Crippen LogP contribution in [0.25, 0.3) is 0 Å². The van der Waals surface area contributed by atoms with Crippen molar-refractivity contribution in [1.82, 2.24) is 0 Å². The number of phenols is 1. The number of amides is 1. The molecule has 1 amide bonds. The van der Waals surface area contributed by atoms with Gasteiger partial charge in [0.05, 0.1) is 21.2 Å². The minimum atomic E-state index is -0.637. The molecule has 0 unspecified atom stereocenters.